The van der Waals surface area contributed by atoms with E-state index in [4.69, 9.17) is 0 Å². The molecule has 0 aliphatic heterocycles. The molecule has 1 heterocycles. The molecule has 0 aliphatic carbocycles. The van der Waals surface area contributed by atoms with Gasteiger partial charge >= 0.3 is 0 Å². The molecule has 0 bridgehead atoms. The van der Waals surface area contributed by atoms with Gasteiger partial charge in [-0.1, -0.05) is 30.3 Å². The normalized spacial score (nSPS) is 13.4. The number of benzene rings is 1. The van der Waals surface area contributed by atoms with E-state index < -0.39 is 28.6 Å². The van der Waals surface area contributed by atoms with Crippen LogP contribution in [0.1, 0.15) is 22.0 Å². The second-order valence-electron chi connectivity index (χ2n) is 4.53. The van der Waals surface area contributed by atoms with Gasteiger partial charge in [0.15, 0.2) is 5.82 Å². The summed E-state index contributed by atoms with van der Waals surface area (Å²) in [7, 11) is -1.10. The molecular formula is C15H15FN2O2S. The first kappa shape index (κ1) is 15.3. The topological polar surface area (TPSA) is 59.1 Å². The molecule has 2 aromatic rings. The van der Waals surface area contributed by atoms with E-state index in [1.165, 1.54) is 12.3 Å². The second-order valence-corrected chi connectivity index (χ2v) is 6.01. The van der Waals surface area contributed by atoms with E-state index in [9.17, 15) is 13.4 Å². The summed E-state index contributed by atoms with van der Waals surface area (Å²) in [6.07, 6.45) is 3.91. The fourth-order valence-corrected chi connectivity index (χ4v) is 2.68. The molecule has 4 nitrogen and oxygen atoms in total. The predicted octanol–water partition coefficient (Wildman–Crippen LogP) is 2.07. The van der Waals surface area contributed by atoms with Gasteiger partial charge in [-0.2, -0.15) is 0 Å². The van der Waals surface area contributed by atoms with Crippen molar-refractivity contribution in [1.29, 1.82) is 0 Å². The number of pyridine rings is 1. The van der Waals surface area contributed by atoms with Crippen molar-refractivity contribution in [3.05, 3.63) is 65.7 Å². The summed E-state index contributed by atoms with van der Waals surface area (Å²) in [4.78, 5) is 15.8. The van der Waals surface area contributed by atoms with Crippen LogP contribution in [0.15, 0.2) is 48.8 Å². The maximum atomic E-state index is 13.6. The first-order chi connectivity index (χ1) is 10.1. The lowest BCUT2D eigenvalue weighted by molar-refractivity contribution is 0.0936. The molecule has 0 fully saturated rings. The van der Waals surface area contributed by atoms with E-state index in [0.717, 1.165) is 11.8 Å². The minimum Gasteiger partial charge on any atom is -0.344 e. The van der Waals surface area contributed by atoms with E-state index in [1.54, 1.807) is 6.26 Å². The number of nitrogens with one attached hydrogen (secondary N) is 1. The number of hydrogen-bond acceptors (Lipinski definition) is 3. The molecule has 1 aromatic carbocycles. The van der Waals surface area contributed by atoms with Gasteiger partial charge in [-0.15, -0.1) is 0 Å². The molecule has 0 saturated carbocycles. The van der Waals surface area contributed by atoms with Crippen LogP contribution in [0.2, 0.25) is 0 Å². The Bertz CT molecular complexity index is 649. The van der Waals surface area contributed by atoms with Crippen molar-refractivity contribution in [3.63, 3.8) is 0 Å². The number of halogens is 1. The summed E-state index contributed by atoms with van der Waals surface area (Å²) in [5.74, 6) is -0.962. The molecule has 2 rings (SSSR count). The molecule has 0 aliphatic rings. The lowest BCUT2D eigenvalue weighted by atomic mass is 10.1. The van der Waals surface area contributed by atoms with Crippen LogP contribution in [-0.2, 0) is 10.8 Å². The molecule has 2 atom stereocenters. The third-order valence-corrected chi connectivity index (χ3v) is 3.73. The smallest absolute Gasteiger partial charge is 0.254 e. The average molecular weight is 306 g/mol. The van der Waals surface area contributed by atoms with Gasteiger partial charge in [0, 0.05) is 29.0 Å². The zero-order valence-corrected chi connectivity index (χ0v) is 12.3. The van der Waals surface area contributed by atoms with Crippen molar-refractivity contribution in [2.75, 3.05) is 12.0 Å². The van der Waals surface area contributed by atoms with Crippen LogP contribution in [0.4, 0.5) is 4.39 Å². The van der Waals surface area contributed by atoms with Crippen LogP contribution in [0.5, 0.6) is 0 Å². The van der Waals surface area contributed by atoms with Gasteiger partial charge in [0.2, 0.25) is 0 Å². The summed E-state index contributed by atoms with van der Waals surface area (Å²) in [6, 6.07) is 10.1. The molecule has 1 aromatic heterocycles. The lowest BCUT2D eigenvalue weighted by Gasteiger charge is -2.18. The Morgan fingerprint density at radius 1 is 1.33 bits per heavy atom. The van der Waals surface area contributed by atoms with Crippen LogP contribution in [0, 0.1) is 5.82 Å². The fraction of sp³-hybridized carbons (Fsp3) is 0.200. The standard InChI is InChI=1S/C15H15FN2O2S/c1-21(20)10-14(11-5-3-2-4-6-11)18-15(19)12-7-8-17-9-13(12)16/h2-9,14H,10H2,1H3,(H,18,19)/t14-,21-/m0/s1. The van der Waals surface area contributed by atoms with Gasteiger partial charge in [-0.05, 0) is 11.6 Å². The SMILES string of the molecule is C[S@](=O)C[C@H](NC(=O)c1ccncc1F)c1ccccc1. The number of aromatic nitrogens is 1. The van der Waals surface area contributed by atoms with Crippen LogP contribution in [0.25, 0.3) is 0 Å². The Balaban J connectivity index is 2.21. The lowest BCUT2D eigenvalue weighted by Crippen LogP contribution is -2.32. The van der Waals surface area contributed by atoms with Gasteiger partial charge in [0.25, 0.3) is 5.91 Å². The number of nitrogens with zero attached hydrogens (tertiary/aromatic N) is 1. The number of carbonyl (C=O) groups is 1. The summed E-state index contributed by atoms with van der Waals surface area (Å²) in [5.41, 5.74) is 0.753. The van der Waals surface area contributed by atoms with Crippen LogP contribution in [-0.4, -0.2) is 27.1 Å². The zero-order chi connectivity index (χ0) is 15.2. The summed E-state index contributed by atoms with van der Waals surface area (Å²) in [5, 5.41) is 2.72. The maximum Gasteiger partial charge on any atom is 0.254 e. The van der Waals surface area contributed by atoms with Crippen molar-refractivity contribution >= 4 is 16.7 Å². The Morgan fingerprint density at radius 3 is 2.67 bits per heavy atom. The van der Waals surface area contributed by atoms with E-state index in [2.05, 4.69) is 10.3 Å². The molecule has 0 unspecified atom stereocenters. The predicted molar refractivity (Wildman–Crippen MR) is 79.8 cm³/mol. The Hall–Kier alpha value is -2.08. The van der Waals surface area contributed by atoms with Crippen molar-refractivity contribution in [1.82, 2.24) is 10.3 Å². The second kappa shape index (κ2) is 7.08. The fourth-order valence-electron chi connectivity index (χ4n) is 1.94. The first-order valence-corrected chi connectivity index (χ1v) is 8.06. The largest absolute Gasteiger partial charge is 0.344 e. The van der Waals surface area contributed by atoms with E-state index >= 15 is 0 Å². The summed E-state index contributed by atoms with van der Waals surface area (Å²) < 4.78 is 25.1. The highest BCUT2D eigenvalue weighted by molar-refractivity contribution is 7.84. The van der Waals surface area contributed by atoms with Crippen molar-refractivity contribution in [3.8, 4) is 0 Å². The van der Waals surface area contributed by atoms with Crippen LogP contribution in [0.3, 0.4) is 0 Å². The van der Waals surface area contributed by atoms with Gasteiger partial charge in [0.1, 0.15) is 0 Å². The minimum atomic E-state index is -1.10. The Morgan fingerprint density at radius 2 is 2.05 bits per heavy atom. The van der Waals surface area contributed by atoms with Crippen LogP contribution >= 0.6 is 0 Å². The van der Waals surface area contributed by atoms with Gasteiger partial charge in [-0.25, -0.2) is 4.39 Å². The molecule has 21 heavy (non-hydrogen) atoms. The number of carbonyl (C=O) groups excluding carboxylic acids is 1. The molecule has 0 spiro atoms. The van der Waals surface area contributed by atoms with E-state index in [-0.39, 0.29) is 11.3 Å². The highest BCUT2D eigenvalue weighted by Gasteiger charge is 2.19. The molecule has 0 saturated heterocycles. The van der Waals surface area contributed by atoms with Gasteiger partial charge in [0.05, 0.1) is 17.8 Å². The van der Waals surface area contributed by atoms with E-state index in [0.29, 0.717) is 0 Å². The van der Waals surface area contributed by atoms with Gasteiger partial charge in [-0.3, -0.25) is 14.0 Å². The van der Waals surface area contributed by atoms with E-state index in [1.807, 2.05) is 30.3 Å². The Kier molecular flexibility index (Phi) is 5.16. The van der Waals surface area contributed by atoms with Crippen LogP contribution < -0.4 is 5.32 Å². The third kappa shape index (κ3) is 4.19. The maximum absolute atomic E-state index is 13.6. The third-order valence-electron chi connectivity index (χ3n) is 2.93. The molecule has 1 N–H and O–H groups in total. The summed E-state index contributed by atoms with van der Waals surface area (Å²) in [6.45, 7) is 0. The zero-order valence-electron chi connectivity index (χ0n) is 11.5. The number of rotatable bonds is 5. The van der Waals surface area contributed by atoms with Crippen molar-refractivity contribution in [2.45, 2.75) is 6.04 Å². The highest BCUT2D eigenvalue weighted by Crippen LogP contribution is 2.15. The molecular weight excluding hydrogens is 291 g/mol. The minimum absolute atomic E-state index is 0.0761. The highest BCUT2D eigenvalue weighted by atomic mass is 32.2. The Labute approximate surface area is 124 Å². The number of amides is 1. The molecule has 110 valence electrons. The average Bonchev–Trinajstić information content (AvgIpc) is 2.47. The summed E-state index contributed by atoms with van der Waals surface area (Å²) >= 11 is 0. The molecule has 1 amide bonds. The van der Waals surface area contributed by atoms with Crippen molar-refractivity contribution < 1.29 is 13.4 Å². The number of hydrogen-bond donors (Lipinski definition) is 1. The van der Waals surface area contributed by atoms with Crippen molar-refractivity contribution in [2.24, 2.45) is 0 Å². The molecule has 6 heteroatoms. The first-order valence-electron chi connectivity index (χ1n) is 6.33. The van der Waals surface area contributed by atoms with Gasteiger partial charge < -0.3 is 5.32 Å². The monoisotopic (exact) mass is 306 g/mol. The molecule has 0 radical (unpaired) electrons. The quantitative estimate of drug-likeness (QED) is 0.920.